The fraction of sp³-hybridized carbons (Fsp3) is 0.800. The van der Waals surface area contributed by atoms with Crippen molar-refractivity contribution in [2.24, 2.45) is 23.7 Å². The molecule has 1 atom stereocenters. The Labute approximate surface area is 160 Å². The van der Waals surface area contributed by atoms with Crippen LogP contribution in [0.25, 0.3) is 0 Å². The third-order valence-electron chi connectivity index (χ3n) is 7.47. The summed E-state index contributed by atoms with van der Waals surface area (Å²) in [5.74, 6) is 3.31. The highest BCUT2D eigenvalue weighted by molar-refractivity contribution is 7.91. The van der Waals surface area contributed by atoms with Gasteiger partial charge in [0.15, 0.2) is 9.84 Å². The SMILES string of the molecule is O=C(CC1CCCS(=O)(=O)C1)Nc1ncc(C23CC4CC(CC(C4)C2)C3)[nH]1. The summed E-state index contributed by atoms with van der Waals surface area (Å²) in [7, 11) is -2.98. The summed E-state index contributed by atoms with van der Waals surface area (Å²) >= 11 is 0. The molecule has 148 valence electrons. The average Bonchev–Trinajstić information content (AvgIpc) is 3.01. The van der Waals surface area contributed by atoms with Crippen LogP contribution in [0, 0.1) is 23.7 Å². The second kappa shape index (κ2) is 6.33. The van der Waals surface area contributed by atoms with Crippen molar-refractivity contribution in [2.75, 3.05) is 16.8 Å². The first-order chi connectivity index (χ1) is 12.9. The van der Waals surface area contributed by atoms with Gasteiger partial charge in [0.1, 0.15) is 0 Å². The number of H-pyrrole nitrogens is 1. The lowest BCUT2D eigenvalue weighted by atomic mass is 9.49. The van der Waals surface area contributed by atoms with Gasteiger partial charge in [0, 0.05) is 17.5 Å². The summed E-state index contributed by atoms with van der Waals surface area (Å²) in [6.45, 7) is 0. The molecule has 1 amide bonds. The van der Waals surface area contributed by atoms with E-state index in [1.54, 1.807) is 0 Å². The molecule has 4 aliphatic carbocycles. The Morgan fingerprint density at radius 3 is 2.48 bits per heavy atom. The average molecular weight is 392 g/mol. The molecule has 0 spiro atoms. The molecule has 6 nitrogen and oxygen atoms in total. The highest BCUT2D eigenvalue weighted by atomic mass is 32.2. The number of carbonyl (C=O) groups is 1. The van der Waals surface area contributed by atoms with Crippen molar-refractivity contribution in [2.45, 2.75) is 63.2 Å². The third-order valence-corrected chi connectivity index (χ3v) is 9.36. The molecular formula is C20H29N3O3S. The first-order valence-corrected chi connectivity index (χ1v) is 12.3. The third kappa shape index (κ3) is 3.43. The van der Waals surface area contributed by atoms with Crippen LogP contribution >= 0.6 is 0 Å². The van der Waals surface area contributed by atoms with Crippen molar-refractivity contribution >= 4 is 21.7 Å². The number of hydrogen-bond acceptors (Lipinski definition) is 4. The molecule has 27 heavy (non-hydrogen) atoms. The van der Waals surface area contributed by atoms with E-state index in [4.69, 9.17) is 0 Å². The normalized spacial score (nSPS) is 39.4. The smallest absolute Gasteiger partial charge is 0.226 e. The minimum absolute atomic E-state index is 0.0682. The number of carbonyl (C=O) groups excluding carboxylic acids is 1. The summed E-state index contributed by atoms with van der Waals surface area (Å²) in [4.78, 5) is 20.2. The molecule has 5 aliphatic rings. The van der Waals surface area contributed by atoms with Gasteiger partial charge in [-0.3, -0.25) is 10.1 Å². The van der Waals surface area contributed by atoms with Gasteiger partial charge in [-0.05, 0) is 75.0 Å². The molecule has 4 bridgehead atoms. The minimum atomic E-state index is -2.98. The molecule has 7 heteroatoms. The van der Waals surface area contributed by atoms with Gasteiger partial charge in [0.2, 0.25) is 11.9 Å². The number of aromatic nitrogens is 2. The molecule has 6 rings (SSSR count). The Hall–Kier alpha value is -1.37. The highest BCUT2D eigenvalue weighted by Gasteiger charge is 2.52. The van der Waals surface area contributed by atoms with Crippen LogP contribution in [0.3, 0.4) is 0 Å². The largest absolute Gasteiger partial charge is 0.327 e. The van der Waals surface area contributed by atoms with Gasteiger partial charge in [-0.25, -0.2) is 13.4 Å². The number of anilines is 1. The first kappa shape index (κ1) is 17.7. The molecule has 4 saturated carbocycles. The van der Waals surface area contributed by atoms with Gasteiger partial charge in [-0.1, -0.05) is 0 Å². The Kier molecular flexibility index (Phi) is 4.15. The summed E-state index contributed by atoms with van der Waals surface area (Å²) in [5, 5.41) is 2.87. The lowest BCUT2D eigenvalue weighted by Gasteiger charge is -2.56. The monoisotopic (exact) mass is 391 g/mol. The number of nitrogens with one attached hydrogen (secondary N) is 2. The molecular weight excluding hydrogens is 362 g/mol. The predicted octanol–water partition coefficient (Wildman–Crippen LogP) is 3.03. The molecule has 0 aromatic carbocycles. The van der Waals surface area contributed by atoms with Crippen LogP contribution in [0.15, 0.2) is 6.20 Å². The van der Waals surface area contributed by atoms with E-state index in [1.165, 1.54) is 44.2 Å². The van der Waals surface area contributed by atoms with Crippen LogP contribution in [0.4, 0.5) is 5.95 Å². The Bertz CT molecular complexity index is 809. The molecule has 1 saturated heterocycles. The molecule has 5 fully saturated rings. The lowest BCUT2D eigenvalue weighted by molar-refractivity contribution is -0.117. The molecule has 1 unspecified atom stereocenters. The van der Waals surface area contributed by atoms with Crippen LogP contribution in [0.5, 0.6) is 0 Å². The van der Waals surface area contributed by atoms with E-state index in [9.17, 15) is 13.2 Å². The van der Waals surface area contributed by atoms with Crippen LogP contribution < -0.4 is 5.32 Å². The number of imidazole rings is 1. The number of rotatable bonds is 4. The van der Waals surface area contributed by atoms with Crippen LogP contribution in [-0.2, 0) is 20.0 Å². The standard InChI is InChI=1S/C20H29N3O3S/c24-18(7-13-2-1-3-27(25,26)12-13)23-19-21-11-17(22-19)20-8-14-4-15(9-20)6-16(5-14)10-20/h11,13-16H,1-10,12H2,(H2,21,22,23,24). The number of amides is 1. The quantitative estimate of drug-likeness (QED) is 0.825. The van der Waals surface area contributed by atoms with E-state index in [0.29, 0.717) is 12.4 Å². The Morgan fingerprint density at radius 2 is 1.85 bits per heavy atom. The van der Waals surface area contributed by atoms with Crippen molar-refractivity contribution in [3.63, 3.8) is 0 Å². The Morgan fingerprint density at radius 1 is 1.19 bits per heavy atom. The van der Waals surface area contributed by atoms with Crippen LogP contribution in [0.2, 0.25) is 0 Å². The fourth-order valence-corrected chi connectivity index (χ4v) is 8.59. The highest BCUT2D eigenvalue weighted by Crippen LogP contribution is 2.60. The van der Waals surface area contributed by atoms with Crippen LogP contribution in [-0.4, -0.2) is 35.8 Å². The van der Waals surface area contributed by atoms with Crippen molar-refractivity contribution in [3.05, 3.63) is 11.9 Å². The topological polar surface area (TPSA) is 91.9 Å². The zero-order chi connectivity index (χ0) is 18.6. The molecule has 1 aliphatic heterocycles. The molecule has 0 radical (unpaired) electrons. The van der Waals surface area contributed by atoms with Gasteiger partial charge >= 0.3 is 0 Å². The van der Waals surface area contributed by atoms with Gasteiger partial charge in [0.05, 0.1) is 17.7 Å². The van der Waals surface area contributed by atoms with Crippen LogP contribution in [0.1, 0.15) is 63.5 Å². The predicted molar refractivity (Wildman–Crippen MR) is 103 cm³/mol. The van der Waals surface area contributed by atoms with E-state index >= 15 is 0 Å². The maximum absolute atomic E-state index is 12.4. The fourth-order valence-electron chi connectivity index (χ4n) is 6.82. The van der Waals surface area contributed by atoms with Gasteiger partial charge in [-0.2, -0.15) is 0 Å². The van der Waals surface area contributed by atoms with Crippen molar-refractivity contribution < 1.29 is 13.2 Å². The summed E-state index contributed by atoms with van der Waals surface area (Å²) < 4.78 is 23.5. The number of aromatic amines is 1. The van der Waals surface area contributed by atoms with E-state index in [0.717, 1.165) is 24.2 Å². The molecule has 1 aromatic rings. The zero-order valence-electron chi connectivity index (χ0n) is 15.7. The Balaban J connectivity index is 1.24. The zero-order valence-corrected chi connectivity index (χ0v) is 16.6. The number of sulfone groups is 1. The second-order valence-electron chi connectivity index (χ2n) is 9.72. The van der Waals surface area contributed by atoms with Crippen molar-refractivity contribution in [3.8, 4) is 0 Å². The van der Waals surface area contributed by atoms with Crippen molar-refractivity contribution in [1.29, 1.82) is 0 Å². The molecule has 2 N–H and O–H groups in total. The first-order valence-electron chi connectivity index (χ1n) is 10.4. The lowest BCUT2D eigenvalue weighted by Crippen LogP contribution is -2.48. The van der Waals surface area contributed by atoms with Gasteiger partial charge < -0.3 is 4.98 Å². The summed E-state index contributed by atoms with van der Waals surface area (Å²) in [6, 6.07) is 0. The molecule has 1 aromatic heterocycles. The van der Waals surface area contributed by atoms with Gasteiger partial charge in [-0.15, -0.1) is 0 Å². The van der Waals surface area contributed by atoms with E-state index in [1.807, 2.05) is 6.20 Å². The maximum Gasteiger partial charge on any atom is 0.226 e. The summed E-state index contributed by atoms with van der Waals surface area (Å²) in [5.41, 5.74) is 1.43. The van der Waals surface area contributed by atoms with Crippen molar-refractivity contribution in [1.82, 2.24) is 9.97 Å². The second-order valence-corrected chi connectivity index (χ2v) is 11.9. The number of nitrogens with zero attached hydrogens (tertiary/aromatic N) is 1. The summed E-state index contributed by atoms with van der Waals surface area (Å²) in [6.07, 6.45) is 11.6. The number of hydrogen-bond donors (Lipinski definition) is 2. The van der Waals surface area contributed by atoms with E-state index in [-0.39, 0.29) is 35.2 Å². The van der Waals surface area contributed by atoms with E-state index < -0.39 is 9.84 Å². The molecule has 2 heterocycles. The maximum atomic E-state index is 12.4. The van der Waals surface area contributed by atoms with E-state index in [2.05, 4.69) is 15.3 Å². The minimum Gasteiger partial charge on any atom is -0.327 e. The van der Waals surface area contributed by atoms with Gasteiger partial charge in [0.25, 0.3) is 0 Å².